The molecule has 0 saturated carbocycles. The average molecular weight is 393 g/mol. The van der Waals surface area contributed by atoms with Gasteiger partial charge in [-0.25, -0.2) is 9.67 Å². The Morgan fingerprint density at radius 2 is 1.66 bits per heavy atom. The van der Waals surface area contributed by atoms with Gasteiger partial charge in [-0.05, 0) is 25.0 Å². The predicted octanol–water partition coefficient (Wildman–Crippen LogP) is 4.21. The van der Waals surface area contributed by atoms with Crippen LogP contribution in [0.25, 0.3) is 17.1 Å². The lowest BCUT2D eigenvalue weighted by molar-refractivity contribution is 0.0577. The van der Waals surface area contributed by atoms with E-state index < -0.39 is 0 Å². The van der Waals surface area contributed by atoms with Gasteiger partial charge < -0.3 is 9.64 Å². The molecular formula is C23H28N4O2. The quantitative estimate of drug-likeness (QED) is 0.547. The fourth-order valence-corrected chi connectivity index (χ4v) is 3.42. The summed E-state index contributed by atoms with van der Waals surface area (Å²) in [7, 11) is 1.64. The summed E-state index contributed by atoms with van der Waals surface area (Å²) in [5.74, 6) is 0.690. The Kier molecular flexibility index (Phi) is 7.14. The van der Waals surface area contributed by atoms with Gasteiger partial charge in [0.05, 0.1) is 12.3 Å². The molecule has 3 aromatic rings. The number of amides is 1. The Morgan fingerprint density at radius 1 is 1.03 bits per heavy atom. The van der Waals surface area contributed by atoms with Gasteiger partial charge in [-0.1, -0.05) is 62.4 Å². The van der Waals surface area contributed by atoms with E-state index in [2.05, 4.69) is 23.9 Å². The molecule has 0 bridgehead atoms. The summed E-state index contributed by atoms with van der Waals surface area (Å²) >= 11 is 0. The standard InChI is InChI=1S/C23H28N4O2/c1-4-19(5-2)26(16-17-29-3)23(28)21-24-22(18-12-8-6-9-13-18)27(25-21)20-14-10-7-11-15-20/h6-15,19H,4-5,16-17H2,1-3H3. The van der Waals surface area contributed by atoms with Gasteiger partial charge in [0, 0.05) is 25.3 Å². The molecule has 29 heavy (non-hydrogen) atoms. The number of benzene rings is 2. The van der Waals surface area contributed by atoms with E-state index in [4.69, 9.17) is 4.74 Å². The van der Waals surface area contributed by atoms with Crippen molar-refractivity contribution >= 4 is 5.91 Å². The largest absolute Gasteiger partial charge is 0.383 e. The summed E-state index contributed by atoms with van der Waals surface area (Å²) in [5, 5.41) is 4.61. The number of carbonyl (C=O) groups is 1. The van der Waals surface area contributed by atoms with Crippen LogP contribution in [0.1, 0.15) is 37.3 Å². The van der Waals surface area contributed by atoms with Crippen LogP contribution < -0.4 is 0 Å². The first-order valence-corrected chi connectivity index (χ1v) is 10.1. The van der Waals surface area contributed by atoms with E-state index in [-0.39, 0.29) is 17.8 Å². The fraction of sp³-hybridized carbons (Fsp3) is 0.348. The number of ether oxygens (including phenoxy) is 1. The maximum absolute atomic E-state index is 13.4. The molecule has 1 heterocycles. The van der Waals surface area contributed by atoms with Gasteiger partial charge in [-0.2, -0.15) is 0 Å². The lowest BCUT2D eigenvalue weighted by atomic mass is 10.1. The van der Waals surface area contributed by atoms with Crippen molar-refractivity contribution in [1.82, 2.24) is 19.7 Å². The van der Waals surface area contributed by atoms with Crippen LogP contribution in [-0.4, -0.2) is 51.9 Å². The van der Waals surface area contributed by atoms with Gasteiger partial charge in [-0.3, -0.25) is 4.79 Å². The number of nitrogens with zero attached hydrogens (tertiary/aromatic N) is 4. The van der Waals surface area contributed by atoms with Gasteiger partial charge in [0.2, 0.25) is 5.82 Å². The molecule has 0 aliphatic rings. The van der Waals surface area contributed by atoms with E-state index in [9.17, 15) is 4.79 Å². The van der Waals surface area contributed by atoms with Crippen LogP contribution in [0.2, 0.25) is 0 Å². The highest BCUT2D eigenvalue weighted by Gasteiger charge is 2.27. The molecule has 6 nitrogen and oxygen atoms in total. The normalized spacial score (nSPS) is 11.0. The predicted molar refractivity (Wildman–Crippen MR) is 114 cm³/mol. The molecule has 0 aliphatic heterocycles. The number of hydrogen-bond donors (Lipinski definition) is 0. The topological polar surface area (TPSA) is 60.2 Å². The van der Waals surface area contributed by atoms with Crippen molar-refractivity contribution in [1.29, 1.82) is 0 Å². The van der Waals surface area contributed by atoms with Crippen LogP contribution >= 0.6 is 0 Å². The first-order valence-electron chi connectivity index (χ1n) is 10.1. The molecule has 0 fully saturated rings. The lowest BCUT2D eigenvalue weighted by Crippen LogP contribution is -2.42. The zero-order valence-electron chi connectivity index (χ0n) is 17.3. The number of carbonyl (C=O) groups excluding carboxylic acids is 1. The van der Waals surface area contributed by atoms with Crippen LogP contribution in [0.5, 0.6) is 0 Å². The number of para-hydroxylation sites is 1. The molecule has 2 aromatic carbocycles. The monoisotopic (exact) mass is 392 g/mol. The van der Waals surface area contributed by atoms with Crippen molar-refractivity contribution in [2.24, 2.45) is 0 Å². The van der Waals surface area contributed by atoms with Crippen molar-refractivity contribution in [2.75, 3.05) is 20.3 Å². The third-order valence-corrected chi connectivity index (χ3v) is 5.01. The second-order valence-corrected chi connectivity index (χ2v) is 6.83. The molecule has 0 unspecified atom stereocenters. The highest BCUT2D eigenvalue weighted by atomic mass is 16.5. The summed E-state index contributed by atoms with van der Waals surface area (Å²) in [5.41, 5.74) is 1.78. The van der Waals surface area contributed by atoms with Crippen LogP contribution in [0.3, 0.4) is 0 Å². The first-order chi connectivity index (χ1) is 14.2. The molecule has 1 amide bonds. The Morgan fingerprint density at radius 3 is 2.24 bits per heavy atom. The molecular weight excluding hydrogens is 364 g/mol. The van der Waals surface area contributed by atoms with Crippen molar-refractivity contribution in [3.63, 3.8) is 0 Å². The van der Waals surface area contributed by atoms with Crippen molar-refractivity contribution < 1.29 is 9.53 Å². The van der Waals surface area contributed by atoms with E-state index >= 15 is 0 Å². The van der Waals surface area contributed by atoms with Crippen LogP contribution in [0.4, 0.5) is 0 Å². The second-order valence-electron chi connectivity index (χ2n) is 6.83. The van der Waals surface area contributed by atoms with E-state index in [1.165, 1.54) is 0 Å². The Balaban J connectivity index is 2.05. The van der Waals surface area contributed by atoms with E-state index in [1.807, 2.05) is 65.6 Å². The lowest BCUT2D eigenvalue weighted by Gasteiger charge is -2.29. The summed E-state index contributed by atoms with van der Waals surface area (Å²) in [4.78, 5) is 19.9. The van der Waals surface area contributed by atoms with E-state index in [0.717, 1.165) is 24.1 Å². The molecule has 152 valence electrons. The number of methoxy groups -OCH3 is 1. The van der Waals surface area contributed by atoms with Gasteiger partial charge in [0.15, 0.2) is 5.82 Å². The molecule has 0 spiro atoms. The molecule has 0 aliphatic carbocycles. The van der Waals surface area contributed by atoms with Crippen molar-refractivity contribution in [3.8, 4) is 17.1 Å². The fourth-order valence-electron chi connectivity index (χ4n) is 3.42. The second kappa shape index (κ2) is 9.98. The molecule has 0 radical (unpaired) electrons. The van der Waals surface area contributed by atoms with Crippen LogP contribution in [-0.2, 0) is 4.74 Å². The first kappa shape index (κ1) is 20.7. The van der Waals surface area contributed by atoms with Crippen LogP contribution in [0, 0.1) is 0 Å². The number of aromatic nitrogens is 3. The Hall–Kier alpha value is -2.99. The Bertz CT molecular complexity index is 848. The van der Waals surface area contributed by atoms with Gasteiger partial charge in [0.1, 0.15) is 0 Å². The minimum Gasteiger partial charge on any atom is -0.383 e. The molecule has 0 N–H and O–H groups in total. The van der Waals surface area contributed by atoms with Gasteiger partial charge in [-0.15, -0.1) is 5.10 Å². The van der Waals surface area contributed by atoms with E-state index in [0.29, 0.717) is 19.0 Å². The minimum atomic E-state index is -0.164. The molecule has 0 saturated heterocycles. The third kappa shape index (κ3) is 4.71. The van der Waals surface area contributed by atoms with E-state index in [1.54, 1.807) is 11.8 Å². The molecule has 3 rings (SSSR count). The maximum atomic E-state index is 13.4. The zero-order chi connectivity index (χ0) is 20.6. The summed E-state index contributed by atoms with van der Waals surface area (Å²) in [6.07, 6.45) is 1.74. The summed E-state index contributed by atoms with van der Waals surface area (Å²) in [6, 6.07) is 19.7. The zero-order valence-corrected chi connectivity index (χ0v) is 17.3. The molecule has 1 aromatic heterocycles. The van der Waals surface area contributed by atoms with Crippen molar-refractivity contribution in [3.05, 3.63) is 66.5 Å². The van der Waals surface area contributed by atoms with Crippen molar-refractivity contribution in [2.45, 2.75) is 32.7 Å². The minimum absolute atomic E-state index is 0.126. The third-order valence-electron chi connectivity index (χ3n) is 5.01. The molecule has 0 atom stereocenters. The van der Waals surface area contributed by atoms with Crippen LogP contribution in [0.15, 0.2) is 60.7 Å². The number of hydrogen-bond acceptors (Lipinski definition) is 4. The maximum Gasteiger partial charge on any atom is 0.293 e. The molecule has 6 heteroatoms. The highest BCUT2D eigenvalue weighted by Crippen LogP contribution is 2.22. The highest BCUT2D eigenvalue weighted by molar-refractivity contribution is 5.91. The smallest absolute Gasteiger partial charge is 0.293 e. The summed E-state index contributed by atoms with van der Waals surface area (Å²) in [6.45, 7) is 5.18. The number of rotatable bonds is 9. The van der Waals surface area contributed by atoms with Gasteiger partial charge >= 0.3 is 0 Å². The van der Waals surface area contributed by atoms with Gasteiger partial charge in [0.25, 0.3) is 5.91 Å². The summed E-state index contributed by atoms with van der Waals surface area (Å²) < 4.78 is 6.97. The SMILES string of the molecule is CCC(CC)N(CCOC)C(=O)c1nc(-c2ccccc2)n(-c2ccccc2)n1. The Labute approximate surface area is 172 Å². The average Bonchev–Trinajstić information content (AvgIpc) is 3.23.